The van der Waals surface area contributed by atoms with Crippen LogP contribution >= 0.6 is 11.6 Å². The van der Waals surface area contributed by atoms with Crippen molar-refractivity contribution in [3.8, 4) is 11.1 Å². The van der Waals surface area contributed by atoms with Crippen molar-refractivity contribution in [3.05, 3.63) is 58.6 Å². The smallest absolute Gasteiger partial charge is 0.366 e. The predicted molar refractivity (Wildman–Crippen MR) is 70.4 cm³/mol. The third kappa shape index (κ3) is 2.93. The molecular formula is C14H9ClF3NO. The van der Waals surface area contributed by atoms with Gasteiger partial charge in [-0.15, -0.1) is 0 Å². The van der Waals surface area contributed by atoms with Crippen molar-refractivity contribution < 1.29 is 18.0 Å². The summed E-state index contributed by atoms with van der Waals surface area (Å²) in [7, 11) is 0. The monoisotopic (exact) mass is 299 g/mol. The van der Waals surface area contributed by atoms with Crippen LogP contribution in [0.4, 0.5) is 13.2 Å². The van der Waals surface area contributed by atoms with Gasteiger partial charge in [-0.05, 0) is 35.4 Å². The zero-order valence-electron chi connectivity index (χ0n) is 10.0. The highest BCUT2D eigenvalue weighted by atomic mass is 35.5. The fourth-order valence-corrected chi connectivity index (χ4v) is 2.00. The minimum absolute atomic E-state index is 0.228. The Balaban J connectivity index is 2.54. The maximum atomic E-state index is 12.8. The van der Waals surface area contributed by atoms with Gasteiger partial charge in [0.15, 0.2) is 0 Å². The molecule has 0 bridgehead atoms. The van der Waals surface area contributed by atoms with Gasteiger partial charge < -0.3 is 5.73 Å². The Labute approximate surface area is 118 Å². The summed E-state index contributed by atoms with van der Waals surface area (Å²) in [5, 5.41) is -0.368. The van der Waals surface area contributed by atoms with Crippen LogP contribution in [-0.4, -0.2) is 5.91 Å². The summed E-state index contributed by atoms with van der Waals surface area (Å²) in [6.45, 7) is 0. The van der Waals surface area contributed by atoms with Crippen LogP contribution in [0.3, 0.4) is 0 Å². The molecule has 0 saturated carbocycles. The summed E-state index contributed by atoms with van der Waals surface area (Å²) in [5.74, 6) is -0.642. The van der Waals surface area contributed by atoms with Gasteiger partial charge in [0.2, 0.25) is 5.91 Å². The van der Waals surface area contributed by atoms with Crippen LogP contribution < -0.4 is 5.73 Å². The molecule has 0 aliphatic carbocycles. The van der Waals surface area contributed by atoms with E-state index in [4.69, 9.17) is 17.3 Å². The van der Waals surface area contributed by atoms with Gasteiger partial charge in [0.05, 0.1) is 10.6 Å². The topological polar surface area (TPSA) is 43.1 Å². The van der Waals surface area contributed by atoms with E-state index in [2.05, 4.69) is 0 Å². The van der Waals surface area contributed by atoms with Crippen molar-refractivity contribution in [1.82, 2.24) is 0 Å². The van der Waals surface area contributed by atoms with Crippen molar-refractivity contribution in [3.63, 3.8) is 0 Å². The standard InChI is InChI=1S/C14H9ClF3NO/c15-12-5-4-9(7-11(12)14(16,17)18)8-2-1-3-10(6-8)13(19)20/h1-7H,(H2,19,20). The summed E-state index contributed by atoms with van der Waals surface area (Å²) in [6.07, 6.45) is -4.53. The Morgan fingerprint density at radius 1 is 1.05 bits per heavy atom. The van der Waals surface area contributed by atoms with E-state index in [0.717, 1.165) is 6.07 Å². The highest BCUT2D eigenvalue weighted by Gasteiger charge is 2.33. The number of nitrogens with two attached hydrogens (primary N) is 1. The average Bonchev–Trinajstić information content (AvgIpc) is 2.38. The summed E-state index contributed by atoms with van der Waals surface area (Å²) in [4.78, 5) is 11.1. The molecule has 0 radical (unpaired) electrons. The highest BCUT2D eigenvalue weighted by molar-refractivity contribution is 6.31. The van der Waals surface area contributed by atoms with E-state index in [1.807, 2.05) is 0 Å². The lowest BCUT2D eigenvalue weighted by molar-refractivity contribution is -0.137. The lowest BCUT2D eigenvalue weighted by Crippen LogP contribution is -2.10. The molecule has 0 unspecified atom stereocenters. The number of hydrogen-bond acceptors (Lipinski definition) is 1. The second kappa shape index (κ2) is 5.17. The van der Waals surface area contributed by atoms with E-state index in [9.17, 15) is 18.0 Å². The van der Waals surface area contributed by atoms with Gasteiger partial charge in [-0.1, -0.05) is 29.8 Å². The summed E-state index contributed by atoms with van der Waals surface area (Å²) < 4.78 is 38.4. The number of alkyl halides is 3. The molecule has 20 heavy (non-hydrogen) atoms. The lowest BCUT2D eigenvalue weighted by atomic mass is 10.0. The number of carbonyl (C=O) groups is 1. The highest BCUT2D eigenvalue weighted by Crippen LogP contribution is 2.37. The van der Waals surface area contributed by atoms with Gasteiger partial charge >= 0.3 is 6.18 Å². The minimum Gasteiger partial charge on any atom is -0.366 e. The second-order valence-corrected chi connectivity index (χ2v) is 4.54. The first-order valence-electron chi connectivity index (χ1n) is 5.56. The molecule has 0 aliphatic rings. The quantitative estimate of drug-likeness (QED) is 0.890. The first kappa shape index (κ1) is 14.4. The number of benzene rings is 2. The first-order chi connectivity index (χ1) is 9.29. The molecule has 2 aromatic carbocycles. The first-order valence-corrected chi connectivity index (χ1v) is 5.94. The molecule has 0 spiro atoms. The number of amides is 1. The molecule has 0 heterocycles. The van der Waals surface area contributed by atoms with Gasteiger partial charge in [-0.2, -0.15) is 13.2 Å². The number of halogens is 4. The maximum absolute atomic E-state index is 12.8. The number of rotatable bonds is 2. The fraction of sp³-hybridized carbons (Fsp3) is 0.0714. The Morgan fingerprint density at radius 3 is 2.30 bits per heavy atom. The normalized spacial score (nSPS) is 11.4. The average molecular weight is 300 g/mol. The summed E-state index contributed by atoms with van der Waals surface area (Å²) in [6, 6.07) is 9.65. The van der Waals surface area contributed by atoms with Crippen molar-refractivity contribution >= 4 is 17.5 Å². The van der Waals surface area contributed by atoms with Crippen LogP contribution in [0.1, 0.15) is 15.9 Å². The molecule has 2 rings (SSSR count). The summed E-state index contributed by atoms with van der Waals surface area (Å²) in [5.41, 5.74) is 5.23. The van der Waals surface area contributed by atoms with Gasteiger partial charge in [-0.3, -0.25) is 4.79 Å². The fourth-order valence-electron chi connectivity index (χ4n) is 1.77. The molecule has 104 valence electrons. The van der Waals surface area contributed by atoms with Crippen LogP contribution in [0.15, 0.2) is 42.5 Å². The molecule has 0 saturated heterocycles. The zero-order valence-corrected chi connectivity index (χ0v) is 10.8. The molecular weight excluding hydrogens is 291 g/mol. The van der Waals surface area contributed by atoms with E-state index in [1.54, 1.807) is 12.1 Å². The Morgan fingerprint density at radius 2 is 1.70 bits per heavy atom. The Bertz CT molecular complexity index is 668. The van der Waals surface area contributed by atoms with Gasteiger partial charge in [0.25, 0.3) is 0 Å². The van der Waals surface area contributed by atoms with Crippen LogP contribution in [0.5, 0.6) is 0 Å². The van der Waals surface area contributed by atoms with Crippen molar-refractivity contribution in [2.24, 2.45) is 5.73 Å². The Hall–Kier alpha value is -2.01. The van der Waals surface area contributed by atoms with Gasteiger partial charge in [0, 0.05) is 5.56 Å². The molecule has 2 nitrogen and oxygen atoms in total. The summed E-state index contributed by atoms with van der Waals surface area (Å²) >= 11 is 5.56. The lowest BCUT2D eigenvalue weighted by Gasteiger charge is -2.11. The van der Waals surface area contributed by atoms with Crippen LogP contribution in [0.2, 0.25) is 5.02 Å². The molecule has 2 aromatic rings. The largest absolute Gasteiger partial charge is 0.417 e. The Kier molecular flexibility index (Phi) is 3.72. The molecule has 0 aromatic heterocycles. The van der Waals surface area contributed by atoms with Crippen LogP contribution in [-0.2, 0) is 6.18 Å². The van der Waals surface area contributed by atoms with Gasteiger partial charge in [0.1, 0.15) is 0 Å². The van der Waals surface area contributed by atoms with Crippen molar-refractivity contribution in [2.75, 3.05) is 0 Å². The molecule has 0 atom stereocenters. The van der Waals surface area contributed by atoms with E-state index >= 15 is 0 Å². The minimum atomic E-state index is -4.53. The predicted octanol–water partition coefficient (Wildman–Crippen LogP) is 4.12. The van der Waals surface area contributed by atoms with Crippen LogP contribution in [0.25, 0.3) is 11.1 Å². The molecule has 0 fully saturated rings. The zero-order chi connectivity index (χ0) is 14.9. The molecule has 6 heteroatoms. The number of carbonyl (C=O) groups excluding carboxylic acids is 1. The third-order valence-electron chi connectivity index (χ3n) is 2.75. The van der Waals surface area contributed by atoms with E-state index < -0.39 is 17.6 Å². The van der Waals surface area contributed by atoms with Crippen LogP contribution in [0, 0.1) is 0 Å². The molecule has 2 N–H and O–H groups in total. The number of hydrogen-bond donors (Lipinski definition) is 1. The van der Waals surface area contributed by atoms with E-state index in [-0.39, 0.29) is 10.6 Å². The molecule has 0 aliphatic heterocycles. The van der Waals surface area contributed by atoms with E-state index in [0.29, 0.717) is 11.1 Å². The second-order valence-electron chi connectivity index (χ2n) is 4.14. The number of primary amides is 1. The van der Waals surface area contributed by atoms with Crippen molar-refractivity contribution in [1.29, 1.82) is 0 Å². The SMILES string of the molecule is NC(=O)c1cccc(-c2ccc(Cl)c(C(F)(F)F)c2)c1. The maximum Gasteiger partial charge on any atom is 0.417 e. The third-order valence-corrected chi connectivity index (χ3v) is 3.08. The molecule has 1 amide bonds. The van der Waals surface area contributed by atoms with Crippen molar-refractivity contribution in [2.45, 2.75) is 6.18 Å². The van der Waals surface area contributed by atoms with E-state index in [1.165, 1.54) is 24.3 Å². The van der Waals surface area contributed by atoms with Gasteiger partial charge in [-0.25, -0.2) is 0 Å².